The van der Waals surface area contributed by atoms with E-state index in [0.717, 1.165) is 17.8 Å². The Labute approximate surface area is 200 Å². The number of benzene rings is 3. The van der Waals surface area contributed by atoms with Crippen LogP contribution in [0.4, 0.5) is 17.1 Å². The van der Waals surface area contributed by atoms with Crippen LogP contribution in [-0.2, 0) is 10.0 Å². The van der Waals surface area contributed by atoms with Gasteiger partial charge >= 0.3 is 5.97 Å². The van der Waals surface area contributed by atoms with Crippen molar-refractivity contribution in [2.75, 3.05) is 34.2 Å². The number of aromatic carboxylic acids is 1. The molecule has 1 atom stereocenters. The summed E-state index contributed by atoms with van der Waals surface area (Å²) in [6.45, 7) is 8.14. The van der Waals surface area contributed by atoms with Crippen molar-refractivity contribution in [1.29, 1.82) is 0 Å². The molecule has 1 fully saturated rings. The molecular weight excluding hydrogens is 450 g/mol. The van der Waals surface area contributed by atoms with Gasteiger partial charge in [-0.1, -0.05) is 29.8 Å². The van der Waals surface area contributed by atoms with Gasteiger partial charge in [0.25, 0.3) is 10.0 Å². The van der Waals surface area contributed by atoms with Gasteiger partial charge in [0.2, 0.25) is 0 Å². The van der Waals surface area contributed by atoms with E-state index in [4.69, 9.17) is 0 Å². The predicted octanol–water partition coefficient (Wildman–Crippen LogP) is 4.52. The third-order valence-electron chi connectivity index (χ3n) is 6.11. The molecule has 8 heteroatoms. The largest absolute Gasteiger partial charge is 0.478 e. The first-order chi connectivity index (χ1) is 16.1. The molecule has 34 heavy (non-hydrogen) atoms. The Kier molecular flexibility index (Phi) is 6.52. The fraction of sp³-hybridized carbons (Fsp3) is 0.269. The molecule has 2 N–H and O–H groups in total. The Hall–Kier alpha value is -3.52. The van der Waals surface area contributed by atoms with Crippen molar-refractivity contribution in [1.82, 2.24) is 0 Å². The van der Waals surface area contributed by atoms with Gasteiger partial charge in [0.15, 0.2) is 0 Å². The molecule has 0 aromatic heterocycles. The van der Waals surface area contributed by atoms with E-state index in [1.807, 2.05) is 13.0 Å². The monoisotopic (exact) mass is 479 g/mol. The van der Waals surface area contributed by atoms with Crippen molar-refractivity contribution in [3.8, 4) is 0 Å². The Morgan fingerprint density at radius 2 is 1.71 bits per heavy atom. The van der Waals surface area contributed by atoms with Gasteiger partial charge in [0.1, 0.15) is 0 Å². The lowest BCUT2D eigenvalue weighted by molar-refractivity contribution is 0.0697. The molecule has 1 aliphatic rings. The Balaban J connectivity index is 1.55. The molecule has 0 saturated carbocycles. The van der Waals surface area contributed by atoms with Crippen LogP contribution in [0.3, 0.4) is 0 Å². The number of nitrogens with zero attached hydrogens (tertiary/aromatic N) is 2. The van der Waals surface area contributed by atoms with Crippen molar-refractivity contribution in [2.45, 2.75) is 31.7 Å². The number of aryl methyl sites for hydroxylation is 2. The van der Waals surface area contributed by atoms with E-state index in [1.165, 1.54) is 23.8 Å². The molecule has 0 radical (unpaired) electrons. The second-order valence-corrected chi connectivity index (χ2v) is 10.5. The SMILES string of the molecule is Cc1ccc(S(=O)(=O)Nc2ccc(N3CCN(c4cccc(C)c4)[C@H](C)C3)c(C(=O)O)c2)cc1. The van der Waals surface area contributed by atoms with Gasteiger partial charge in [-0.2, -0.15) is 0 Å². The van der Waals surface area contributed by atoms with Crippen molar-refractivity contribution >= 4 is 33.1 Å². The lowest BCUT2D eigenvalue weighted by Gasteiger charge is -2.42. The minimum atomic E-state index is -3.82. The van der Waals surface area contributed by atoms with Crippen molar-refractivity contribution < 1.29 is 18.3 Å². The Morgan fingerprint density at radius 3 is 2.35 bits per heavy atom. The van der Waals surface area contributed by atoms with E-state index in [9.17, 15) is 18.3 Å². The fourth-order valence-corrected chi connectivity index (χ4v) is 5.39. The van der Waals surface area contributed by atoms with E-state index >= 15 is 0 Å². The molecule has 7 nitrogen and oxygen atoms in total. The maximum absolute atomic E-state index is 12.7. The second kappa shape index (κ2) is 9.38. The summed E-state index contributed by atoms with van der Waals surface area (Å²) in [6.07, 6.45) is 0. The minimum Gasteiger partial charge on any atom is -0.478 e. The minimum absolute atomic E-state index is 0.0697. The van der Waals surface area contributed by atoms with Crippen molar-refractivity contribution in [3.63, 3.8) is 0 Å². The van der Waals surface area contributed by atoms with Crippen LogP contribution in [0.1, 0.15) is 28.4 Å². The van der Waals surface area contributed by atoms with Crippen LogP contribution in [0.2, 0.25) is 0 Å². The maximum Gasteiger partial charge on any atom is 0.337 e. The van der Waals surface area contributed by atoms with Crippen molar-refractivity contribution in [3.05, 3.63) is 83.4 Å². The Morgan fingerprint density at radius 1 is 0.971 bits per heavy atom. The average Bonchev–Trinajstić information content (AvgIpc) is 2.79. The summed E-state index contributed by atoms with van der Waals surface area (Å²) in [6, 6.07) is 19.7. The molecule has 4 rings (SSSR count). The number of carbonyl (C=O) groups is 1. The van der Waals surface area contributed by atoms with E-state index in [2.05, 4.69) is 46.6 Å². The van der Waals surface area contributed by atoms with Gasteiger partial charge in [-0.3, -0.25) is 4.72 Å². The topological polar surface area (TPSA) is 90.0 Å². The average molecular weight is 480 g/mol. The summed E-state index contributed by atoms with van der Waals surface area (Å²) >= 11 is 0. The van der Waals surface area contributed by atoms with Gasteiger partial charge in [0, 0.05) is 37.1 Å². The standard InChI is InChI=1S/C26H29N3O4S/c1-18-7-10-23(11-8-18)34(32,33)27-21-9-12-25(24(16-21)26(30)31)28-13-14-29(20(3)17-28)22-6-4-5-19(2)15-22/h4-12,15-16,20,27H,13-14,17H2,1-3H3,(H,30,31)/t20-/m1/s1. The number of carboxylic acids is 1. The Bertz CT molecular complexity index is 1310. The molecule has 0 spiro atoms. The van der Waals surface area contributed by atoms with Crippen molar-refractivity contribution in [2.24, 2.45) is 0 Å². The van der Waals surface area contributed by atoms with Crippen LogP contribution in [0.25, 0.3) is 0 Å². The normalized spacial score (nSPS) is 16.4. The highest BCUT2D eigenvalue weighted by Gasteiger charge is 2.27. The number of nitrogens with one attached hydrogen (secondary N) is 1. The molecule has 178 valence electrons. The van der Waals surface area contributed by atoms with Crippen LogP contribution < -0.4 is 14.5 Å². The lowest BCUT2D eigenvalue weighted by Crippen LogP contribution is -2.52. The van der Waals surface area contributed by atoms with Crippen LogP contribution in [-0.4, -0.2) is 45.2 Å². The number of hydrogen-bond acceptors (Lipinski definition) is 5. The highest BCUT2D eigenvalue weighted by atomic mass is 32.2. The predicted molar refractivity (Wildman–Crippen MR) is 136 cm³/mol. The van der Waals surface area contributed by atoms with Gasteiger partial charge in [-0.15, -0.1) is 0 Å². The molecule has 0 unspecified atom stereocenters. The van der Waals surface area contributed by atoms with E-state index in [0.29, 0.717) is 18.8 Å². The van der Waals surface area contributed by atoms with Gasteiger partial charge in [-0.05, 0) is 68.8 Å². The number of anilines is 3. The second-order valence-electron chi connectivity index (χ2n) is 8.78. The highest BCUT2D eigenvalue weighted by Crippen LogP contribution is 2.30. The number of piperazine rings is 1. The molecule has 0 aliphatic carbocycles. The first-order valence-corrected chi connectivity index (χ1v) is 12.7. The summed E-state index contributed by atoms with van der Waals surface area (Å²) < 4.78 is 28.0. The summed E-state index contributed by atoms with van der Waals surface area (Å²) in [5.41, 5.74) is 4.18. The van der Waals surface area contributed by atoms with E-state index in [1.54, 1.807) is 24.3 Å². The molecule has 1 aliphatic heterocycles. The van der Waals surface area contributed by atoms with Gasteiger partial charge in [-0.25, -0.2) is 13.2 Å². The van der Waals surface area contributed by atoms with Crippen LogP contribution in [0, 0.1) is 13.8 Å². The van der Waals surface area contributed by atoms with Gasteiger partial charge < -0.3 is 14.9 Å². The molecule has 3 aromatic rings. The van der Waals surface area contributed by atoms with Crippen LogP contribution in [0.5, 0.6) is 0 Å². The van der Waals surface area contributed by atoms with E-state index < -0.39 is 16.0 Å². The summed E-state index contributed by atoms with van der Waals surface area (Å²) in [4.78, 5) is 16.6. The van der Waals surface area contributed by atoms with Crippen LogP contribution in [0.15, 0.2) is 71.6 Å². The molecule has 0 amide bonds. The van der Waals surface area contributed by atoms with Crippen LogP contribution >= 0.6 is 0 Å². The zero-order chi connectivity index (χ0) is 24.5. The third kappa shape index (κ3) is 5.02. The number of carboxylic acid groups (broad SMARTS) is 1. The molecular formula is C26H29N3O4S. The number of hydrogen-bond donors (Lipinski definition) is 2. The first-order valence-electron chi connectivity index (χ1n) is 11.2. The summed E-state index contributed by atoms with van der Waals surface area (Å²) in [7, 11) is -3.82. The third-order valence-corrected chi connectivity index (χ3v) is 7.51. The van der Waals surface area contributed by atoms with E-state index in [-0.39, 0.29) is 22.2 Å². The molecule has 3 aromatic carbocycles. The smallest absolute Gasteiger partial charge is 0.337 e. The molecule has 1 heterocycles. The molecule has 0 bridgehead atoms. The quantitative estimate of drug-likeness (QED) is 0.540. The van der Waals surface area contributed by atoms with Gasteiger partial charge in [0.05, 0.1) is 16.1 Å². The zero-order valence-electron chi connectivity index (χ0n) is 19.5. The lowest BCUT2D eigenvalue weighted by atomic mass is 10.1. The highest BCUT2D eigenvalue weighted by molar-refractivity contribution is 7.92. The maximum atomic E-state index is 12.7. The summed E-state index contributed by atoms with van der Waals surface area (Å²) in [5, 5.41) is 9.88. The fourth-order valence-electron chi connectivity index (χ4n) is 4.34. The zero-order valence-corrected chi connectivity index (χ0v) is 20.3. The number of rotatable bonds is 6. The summed E-state index contributed by atoms with van der Waals surface area (Å²) in [5.74, 6) is -1.10. The first kappa shape index (κ1) is 23.6. The molecule has 1 saturated heterocycles. The number of sulfonamides is 1.